The first kappa shape index (κ1) is 18.3. The molecule has 5 nitrogen and oxygen atoms in total. The van der Waals surface area contributed by atoms with Crippen LogP contribution in [0.1, 0.15) is 24.9 Å². The van der Waals surface area contributed by atoms with Crippen LogP contribution in [0.25, 0.3) is 0 Å². The minimum atomic E-state index is -3.19. The first-order valence-corrected chi connectivity index (χ1v) is 9.35. The third-order valence-corrected chi connectivity index (χ3v) is 5.57. The topological polar surface area (TPSA) is 61.4 Å². The zero-order chi connectivity index (χ0) is 17.0. The molecular formula is C15H23F2N3O2S. The van der Waals surface area contributed by atoms with Crippen LogP contribution < -0.4 is 10.0 Å². The van der Waals surface area contributed by atoms with Gasteiger partial charge in [-0.25, -0.2) is 21.9 Å². The Morgan fingerprint density at radius 1 is 1.26 bits per heavy atom. The highest BCUT2D eigenvalue weighted by Gasteiger charge is 2.33. The monoisotopic (exact) mass is 347 g/mol. The Bertz CT molecular complexity index is 640. The lowest BCUT2D eigenvalue weighted by atomic mass is 10.00. The molecule has 8 heteroatoms. The second kappa shape index (κ2) is 7.65. The Balaban J connectivity index is 1.97. The van der Waals surface area contributed by atoms with E-state index in [0.29, 0.717) is 13.1 Å². The molecule has 130 valence electrons. The summed E-state index contributed by atoms with van der Waals surface area (Å²) in [7, 11) is -1.26. The highest BCUT2D eigenvalue weighted by molar-refractivity contribution is 7.89. The van der Waals surface area contributed by atoms with E-state index in [1.165, 1.54) is 6.07 Å². The van der Waals surface area contributed by atoms with Crippen molar-refractivity contribution in [1.29, 1.82) is 0 Å². The largest absolute Gasteiger partial charge is 0.311 e. The number of benzene rings is 1. The first-order chi connectivity index (χ1) is 10.8. The molecular weight excluding hydrogens is 324 g/mol. The van der Waals surface area contributed by atoms with E-state index in [0.717, 1.165) is 24.6 Å². The molecule has 0 aliphatic carbocycles. The van der Waals surface area contributed by atoms with Gasteiger partial charge in [-0.2, -0.15) is 0 Å². The van der Waals surface area contributed by atoms with Crippen molar-refractivity contribution >= 4 is 10.0 Å². The van der Waals surface area contributed by atoms with E-state index >= 15 is 0 Å². The van der Waals surface area contributed by atoms with Crippen molar-refractivity contribution in [2.24, 2.45) is 0 Å². The Kier molecular flexibility index (Phi) is 6.07. The number of sulfonamides is 1. The number of hydrogen-bond donors (Lipinski definition) is 2. The van der Waals surface area contributed by atoms with E-state index in [-0.39, 0.29) is 17.8 Å². The van der Waals surface area contributed by atoms with Gasteiger partial charge in [0, 0.05) is 31.7 Å². The molecule has 1 aliphatic heterocycles. The molecule has 0 unspecified atom stereocenters. The molecule has 0 saturated carbocycles. The zero-order valence-electron chi connectivity index (χ0n) is 13.4. The third-order valence-electron chi connectivity index (χ3n) is 4.17. The summed E-state index contributed by atoms with van der Waals surface area (Å²) in [5, 5.41) is 3.31. The summed E-state index contributed by atoms with van der Waals surface area (Å²) >= 11 is 0. The Labute approximate surface area is 136 Å². The second-order valence-electron chi connectivity index (χ2n) is 5.75. The van der Waals surface area contributed by atoms with Crippen molar-refractivity contribution in [1.82, 2.24) is 14.9 Å². The van der Waals surface area contributed by atoms with Crippen LogP contribution in [0.15, 0.2) is 18.2 Å². The number of likely N-dealkylation sites (tertiary alicyclic amines) is 1. The highest BCUT2D eigenvalue weighted by atomic mass is 32.2. The number of likely N-dealkylation sites (N-methyl/N-ethyl adjacent to an activating group) is 1. The summed E-state index contributed by atoms with van der Waals surface area (Å²) in [6, 6.07) is 3.97. The second-order valence-corrected chi connectivity index (χ2v) is 7.84. The normalized spacial score (nSPS) is 22.6. The maximum Gasteiger partial charge on any atom is 0.211 e. The van der Waals surface area contributed by atoms with E-state index in [1.807, 2.05) is 7.05 Å². The molecule has 0 aromatic heterocycles. The molecule has 2 rings (SSSR count). The SMILES string of the molecule is CCS(=O)(=O)NCCN[C@@H]1CCN(C)[C@@H]1c1ccc(F)c(F)c1. The van der Waals surface area contributed by atoms with Gasteiger partial charge >= 0.3 is 0 Å². The van der Waals surface area contributed by atoms with Crippen LogP contribution >= 0.6 is 0 Å². The molecule has 0 spiro atoms. The Hall–Kier alpha value is -1.09. The van der Waals surface area contributed by atoms with E-state index < -0.39 is 21.7 Å². The van der Waals surface area contributed by atoms with Crippen molar-refractivity contribution in [3.63, 3.8) is 0 Å². The third kappa shape index (κ3) is 4.69. The molecule has 1 aromatic carbocycles. The minimum absolute atomic E-state index is 0.0522. The summed E-state index contributed by atoms with van der Waals surface area (Å²) in [6.45, 7) is 3.21. The van der Waals surface area contributed by atoms with Gasteiger partial charge in [0.05, 0.1) is 5.75 Å². The number of nitrogens with one attached hydrogen (secondary N) is 2. The van der Waals surface area contributed by atoms with E-state index in [2.05, 4.69) is 14.9 Å². The summed E-state index contributed by atoms with van der Waals surface area (Å²) in [5.74, 6) is -1.65. The van der Waals surface area contributed by atoms with Crippen LogP contribution in [-0.4, -0.2) is 51.8 Å². The van der Waals surface area contributed by atoms with E-state index in [4.69, 9.17) is 0 Å². The molecule has 23 heavy (non-hydrogen) atoms. The quantitative estimate of drug-likeness (QED) is 0.729. The van der Waals surface area contributed by atoms with Crippen LogP contribution in [0, 0.1) is 11.6 Å². The first-order valence-electron chi connectivity index (χ1n) is 7.70. The number of rotatable bonds is 7. The lowest BCUT2D eigenvalue weighted by Crippen LogP contribution is -2.40. The van der Waals surface area contributed by atoms with Gasteiger partial charge in [-0.05, 0) is 38.1 Å². The van der Waals surface area contributed by atoms with Crippen molar-refractivity contribution in [3.05, 3.63) is 35.4 Å². The van der Waals surface area contributed by atoms with Crippen molar-refractivity contribution in [2.45, 2.75) is 25.4 Å². The number of nitrogens with zero attached hydrogens (tertiary/aromatic N) is 1. The molecule has 0 amide bonds. The standard InChI is InChI=1S/C15H23F2N3O2S/c1-3-23(21,22)19-8-7-18-14-6-9-20(2)15(14)11-4-5-12(16)13(17)10-11/h4-5,10,14-15,18-19H,3,6-9H2,1-2H3/t14-,15-/m1/s1. The fraction of sp³-hybridized carbons (Fsp3) is 0.600. The predicted octanol–water partition coefficient (Wildman–Crippen LogP) is 1.24. The average molecular weight is 347 g/mol. The summed E-state index contributed by atoms with van der Waals surface area (Å²) in [5.41, 5.74) is 0.718. The summed E-state index contributed by atoms with van der Waals surface area (Å²) in [4.78, 5) is 2.08. The minimum Gasteiger partial charge on any atom is -0.311 e. The fourth-order valence-corrected chi connectivity index (χ4v) is 3.53. The molecule has 0 radical (unpaired) electrons. The average Bonchev–Trinajstić information content (AvgIpc) is 2.87. The van der Waals surface area contributed by atoms with E-state index in [9.17, 15) is 17.2 Å². The summed E-state index contributed by atoms with van der Waals surface area (Å²) < 4.78 is 51.8. The van der Waals surface area contributed by atoms with Crippen LogP contribution in [-0.2, 0) is 10.0 Å². The van der Waals surface area contributed by atoms with Gasteiger partial charge in [-0.3, -0.25) is 4.90 Å². The maximum absolute atomic E-state index is 13.5. The van der Waals surface area contributed by atoms with Crippen LogP contribution in [0.2, 0.25) is 0 Å². The Morgan fingerprint density at radius 2 is 2.00 bits per heavy atom. The molecule has 2 N–H and O–H groups in total. The van der Waals surface area contributed by atoms with Gasteiger partial charge in [-0.1, -0.05) is 6.07 Å². The molecule has 1 heterocycles. The van der Waals surface area contributed by atoms with Gasteiger partial charge in [0.15, 0.2) is 11.6 Å². The number of halogens is 2. The molecule has 1 fully saturated rings. The molecule has 1 aromatic rings. The van der Waals surface area contributed by atoms with Gasteiger partial charge in [0.2, 0.25) is 10.0 Å². The van der Waals surface area contributed by atoms with Gasteiger partial charge in [0.25, 0.3) is 0 Å². The highest BCUT2D eigenvalue weighted by Crippen LogP contribution is 2.31. The smallest absolute Gasteiger partial charge is 0.211 e. The molecule has 1 saturated heterocycles. The van der Waals surface area contributed by atoms with Crippen molar-refractivity contribution in [2.75, 3.05) is 32.4 Å². The zero-order valence-corrected chi connectivity index (χ0v) is 14.2. The van der Waals surface area contributed by atoms with Crippen LogP contribution in [0.4, 0.5) is 8.78 Å². The van der Waals surface area contributed by atoms with Gasteiger partial charge in [-0.15, -0.1) is 0 Å². The molecule has 0 bridgehead atoms. The fourth-order valence-electron chi connectivity index (χ4n) is 2.91. The van der Waals surface area contributed by atoms with Crippen molar-refractivity contribution < 1.29 is 17.2 Å². The molecule has 2 atom stereocenters. The lowest BCUT2D eigenvalue weighted by Gasteiger charge is -2.26. The van der Waals surface area contributed by atoms with Crippen LogP contribution in [0.3, 0.4) is 0 Å². The predicted molar refractivity (Wildman–Crippen MR) is 85.6 cm³/mol. The Morgan fingerprint density at radius 3 is 2.65 bits per heavy atom. The van der Waals surface area contributed by atoms with Crippen LogP contribution in [0.5, 0.6) is 0 Å². The summed E-state index contributed by atoms with van der Waals surface area (Å²) in [6.07, 6.45) is 0.862. The van der Waals surface area contributed by atoms with Gasteiger partial charge < -0.3 is 5.32 Å². The van der Waals surface area contributed by atoms with Gasteiger partial charge in [0.1, 0.15) is 0 Å². The lowest BCUT2D eigenvalue weighted by molar-refractivity contribution is 0.286. The number of hydrogen-bond acceptors (Lipinski definition) is 4. The van der Waals surface area contributed by atoms with E-state index in [1.54, 1.807) is 13.0 Å². The maximum atomic E-state index is 13.5. The molecule has 1 aliphatic rings. The van der Waals surface area contributed by atoms with Crippen molar-refractivity contribution in [3.8, 4) is 0 Å².